The fourth-order valence-corrected chi connectivity index (χ4v) is 6.55. The van der Waals surface area contributed by atoms with E-state index in [0.717, 1.165) is 28.1 Å². The molecule has 0 saturated carbocycles. The zero-order valence-electron chi connectivity index (χ0n) is 21.7. The number of fused-ring (bicyclic) bond motifs is 2. The van der Waals surface area contributed by atoms with E-state index in [-0.39, 0.29) is 30.3 Å². The quantitative estimate of drug-likeness (QED) is 0.309. The second-order valence-electron chi connectivity index (χ2n) is 10.3. The molecule has 5 rings (SSSR count). The number of ether oxygens (including phenoxy) is 1. The summed E-state index contributed by atoms with van der Waals surface area (Å²) in [5.41, 5.74) is 3.37. The highest BCUT2D eigenvalue weighted by Gasteiger charge is 2.39. The highest BCUT2D eigenvalue weighted by atomic mass is 32.3. The van der Waals surface area contributed by atoms with Crippen LogP contribution in [-0.2, 0) is 11.3 Å². The molecule has 10 nitrogen and oxygen atoms in total. The number of nitrogens with zero attached hydrogens (tertiary/aromatic N) is 5. The zero-order valence-corrected chi connectivity index (χ0v) is 22.5. The molecule has 0 spiro atoms. The number of hydrogen-bond acceptors (Lipinski definition) is 8. The van der Waals surface area contributed by atoms with E-state index in [1.807, 2.05) is 68.6 Å². The summed E-state index contributed by atoms with van der Waals surface area (Å²) in [5, 5.41) is 18.0. The van der Waals surface area contributed by atoms with Crippen molar-refractivity contribution < 1.29 is 23.7 Å². The Kier molecular flexibility index (Phi) is 6.64. The molecule has 4 heterocycles. The predicted molar refractivity (Wildman–Crippen MR) is 143 cm³/mol. The van der Waals surface area contributed by atoms with Gasteiger partial charge in [0.05, 0.1) is 13.0 Å². The number of carboxylic acids is 1. The minimum atomic E-state index is -3.40. The molecule has 38 heavy (non-hydrogen) atoms. The molecule has 11 heteroatoms. The van der Waals surface area contributed by atoms with E-state index in [1.165, 1.54) is 0 Å². The van der Waals surface area contributed by atoms with Gasteiger partial charge in [0.15, 0.2) is 5.65 Å². The zero-order chi connectivity index (χ0) is 27.2. The second-order valence-corrected chi connectivity index (χ2v) is 12.3. The Morgan fingerprint density at radius 2 is 1.89 bits per heavy atom. The van der Waals surface area contributed by atoms with Gasteiger partial charge in [-0.15, -0.1) is 21.0 Å². The smallest absolute Gasteiger partial charge is 0.304 e. The summed E-state index contributed by atoms with van der Waals surface area (Å²) >= 11 is 0. The summed E-state index contributed by atoms with van der Waals surface area (Å²) in [4.78, 5) is 16.4. The lowest BCUT2D eigenvalue weighted by molar-refractivity contribution is -0.137. The van der Waals surface area contributed by atoms with Gasteiger partial charge in [0.25, 0.3) is 0 Å². The van der Waals surface area contributed by atoms with Crippen molar-refractivity contribution in [2.45, 2.75) is 57.1 Å². The summed E-state index contributed by atoms with van der Waals surface area (Å²) in [5.74, 6) is -0.382. The van der Waals surface area contributed by atoms with Gasteiger partial charge in [-0.3, -0.25) is 18.3 Å². The van der Waals surface area contributed by atoms with Crippen LogP contribution < -0.4 is 4.74 Å². The number of benzene rings is 1. The van der Waals surface area contributed by atoms with E-state index in [4.69, 9.17) is 4.74 Å². The summed E-state index contributed by atoms with van der Waals surface area (Å²) < 4.78 is 32.3. The molecule has 0 bridgehead atoms. The fraction of sp³-hybridized carbons (Fsp3) is 0.333. The molecule has 0 radical (unpaired) electrons. The molecule has 200 valence electrons. The highest BCUT2D eigenvalue weighted by Crippen LogP contribution is 2.57. The lowest BCUT2D eigenvalue weighted by Crippen LogP contribution is -2.41. The first-order valence-corrected chi connectivity index (χ1v) is 13.7. The minimum Gasteiger partial charge on any atom is -0.481 e. The number of aryl methyl sites for hydroxylation is 2. The molecule has 1 unspecified atom stereocenters. The lowest BCUT2D eigenvalue weighted by atomic mass is 9.87. The highest BCUT2D eigenvalue weighted by molar-refractivity contribution is 8.22. The molecular formula is C27H31N5O5S. The maximum atomic E-state index is 11.9. The van der Waals surface area contributed by atoms with Crippen LogP contribution in [0, 0.1) is 13.8 Å². The van der Waals surface area contributed by atoms with E-state index in [2.05, 4.69) is 15.2 Å². The summed E-state index contributed by atoms with van der Waals surface area (Å²) in [7, 11) is -3.40. The number of pyridine rings is 2. The summed E-state index contributed by atoms with van der Waals surface area (Å²) in [6.45, 7) is 8.05. The molecule has 1 aromatic carbocycles. The first-order chi connectivity index (χ1) is 17.9. The van der Waals surface area contributed by atoms with E-state index >= 15 is 0 Å². The monoisotopic (exact) mass is 537 g/mol. The van der Waals surface area contributed by atoms with Crippen LogP contribution in [0.4, 0.5) is 0 Å². The SMILES string of the molecule is Cc1ccc(C(CC(=O)O)c2ccn3c(C)nnc3c2)cc1CN1CC(C)(C)Oc2ncccc2S1(O)O. The Morgan fingerprint density at radius 1 is 1.13 bits per heavy atom. The lowest BCUT2D eigenvalue weighted by Gasteiger charge is -2.42. The van der Waals surface area contributed by atoms with Crippen molar-refractivity contribution in [2.75, 3.05) is 6.54 Å². The van der Waals surface area contributed by atoms with Gasteiger partial charge < -0.3 is 9.84 Å². The average molecular weight is 538 g/mol. The van der Waals surface area contributed by atoms with Crippen molar-refractivity contribution >= 4 is 22.4 Å². The molecule has 3 aromatic heterocycles. The van der Waals surface area contributed by atoms with Crippen LogP contribution in [0.25, 0.3) is 5.65 Å². The number of aromatic nitrogens is 4. The van der Waals surface area contributed by atoms with Gasteiger partial charge in [-0.05, 0) is 74.2 Å². The molecule has 0 amide bonds. The first kappa shape index (κ1) is 26.1. The average Bonchev–Trinajstić information content (AvgIpc) is 3.19. The van der Waals surface area contributed by atoms with Gasteiger partial charge in [-0.1, -0.05) is 18.2 Å². The second kappa shape index (κ2) is 9.66. The van der Waals surface area contributed by atoms with Crippen LogP contribution in [0.3, 0.4) is 0 Å². The topological polar surface area (TPSA) is 133 Å². The number of hydrogen-bond donors (Lipinski definition) is 3. The number of aliphatic carboxylic acids is 1. The molecule has 1 atom stereocenters. The van der Waals surface area contributed by atoms with E-state index < -0.39 is 28.3 Å². The Labute approximate surface area is 222 Å². The van der Waals surface area contributed by atoms with Gasteiger partial charge in [0.2, 0.25) is 5.88 Å². The van der Waals surface area contributed by atoms with Crippen molar-refractivity contribution in [2.24, 2.45) is 0 Å². The standard InChI is InChI=1S/C27H31N5O5S/c1-17-7-8-19(22(14-25(33)34)20-9-11-32-18(2)29-30-24(32)13-20)12-21(17)15-31-16-27(3,4)37-26-23(38(31,35)36)6-5-10-28-26/h5-13,22,35-36H,14-16H2,1-4H3,(H,33,34). The largest absolute Gasteiger partial charge is 0.481 e. The Morgan fingerprint density at radius 3 is 2.66 bits per heavy atom. The normalized spacial score (nSPS) is 18.3. The number of carbonyl (C=O) groups is 1. The Hall–Kier alpha value is -3.51. The molecule has 3 N–H and O–H groups in total. The Bertz CT molecular complexity index is 1520. The van der Waals surface area contributed by atoms with Gasteiger partial charge >= 0.3 is 5.97 Å². The van der Waals surface area contributed by atoms with Gasteiger partial charge in [-0.2, -0.15) is 4.31 Å². The maximum absolute atomic E-state index is 11.9. The fourth-order valence-electron chi connectivity index (χ4n) is 4.87. The van der Waals surface area contributed by atoms with Crippen LogP contribution in [0.15, 0.2) is 59.8 Å². The molecule has 0 saturated heterocycles. The molecule has 1 aliphatic heterocycles. The van der Waals surface area contributed by atoms with E-state index in [9.17, 15) is 19.0 Å². The minimum absolute atomic E-state index is 0.107. The van der Waals surface area contributed by atoms with Gasteiger partial charge in [-0.25, -0.2) is 4.98 Å². The maximum Gasteiger partial charge on any atom is 0.304 e. The van der Waals surface area contributed by atoms with Gasteiger partial charge in [0, 0.05) is 24.9 Å². The number of rotatable bonds is 6. The third-order valence-electron chi connectivity index (χ3n) is 6.83. The van der Waals surface area contributed by atoms with Crippen LogP contribution in [0.2, 0.25) is 0 Å². The Balaban J connectivity index is 1.53. The van der Waals surface area contributed by atoms with Crippen molar-refractivity contribution in [3.8, 4) is 5.88 Å². The van der Waals surface area contributed by atoms with Crippen LogP contribution in [-0.4, -0.2) is 56.2 Å². The van der Waals surface area contributed by atoms with Crippen LogP contribution >= 0.6 is 10.8 Å². The molecular weight excluding hydrogens is 506 g/mol. The van der Waals surface area contributed by atoms with Crippen LogP contribution in [0.1, 0.15) is 54.3 Å². The van der Waals surface area contributed by atoms with E-state index in [1.54, 1.807) is 22.6 Å². The number of carboxylic acid groups (broad SMARTS) is 1. The molecule has 0 fully saturated rings. The third kappa shape index (κ3) is 4.97. The first-order valence-electron chi connectivity index (χ1n) is 12.2. The van der Waals surface area contributed by atoms with Gasteiger partial charge in [0.1, 0.15) is 16.3 Å². The predicted octanol–water partition coefficient (Wildman–Crippen LogP) is 5.05. The van der Waals surface area contributed by atoms with Crippen molar-refractivity contribution in [1.82, 2.24) is 23.9 Å². The van der Waals surface area contributed by atoms with Crippen molar-refractivity contribution in [1.29, 1.82) is 0 Å². The molecule has 1 aliphatic rings. The van der Waals surface area contributed by atoms with Crippen molar-refractivity contribution in [3.63, 3.8) is 0 Å². The third-order valence-corrected chi connectivity index (χ3v) is 8.71. The summed E-state index contributed by atoms with van der Waals surface area (Å²) in [6.07, 6.45) is 3.31. The van der Waals surface area contributed by atoms with Crippen molar-refractivity contribution in [3.05, 3.63) is 82.9 Å². The van der Waals surface area contributed by atoms with Crippen LogP contribution in [0.5, 0.6) is 5.88 Å². The molecule has 4 aromatic rings. The summed E-state index contributed by atoms with van der Waals surface area (Å²) in [6, 6.07) is 12.9. The molecule has 0 aliphatic carbocycles. The van der Waals surface area contributed by atoms with E-state index in [0.29, 0.717) is 5.65 Å².